The van der Waals surface area contributed by atoms with Gasteiger partial charge in [0.15, 0.2) is 0 Å². The number of carbonyl (C=O) groups excluding carboxylic acids is 2. The smallest absolute Gasteiger partial charge is 0.236 e. The number of amides is 2. The molecule has 2 heterocycles. The van der Waals surface area contributed by atoms with Crippen LogP contribution in [-0.2, 0) is 15.0 Å². The first kappa shape index (κ1) is 11.2. The Labute approximate surface area is 103 Å². The normalized spacial score (nSPS) is 29.4. The van der Waals surface area contributed by atoms with Crippen molar-refractivity contribution >= 4 is 17.5 Å². The fraction of sp³-hybridized carbons (Fsp3) is 0.333. The van der Waals surface area contributed by atoms with E-state index in [0.717, 1.165) is 0 Å². The fourth-order valence-corrected chi connectivity index (χ4v) is 2.78. The van der Waals surface area contributed by atoms with Crippen molar-refractivity contribution in [3.8, 4) is 0 Å². The van der Waals surface area contributed by atoms with E-state index in [2.05, 4.69) is 10.6 Å². The zero-order valence-corrected chi connectivity index (χ0v) is 9.50. The molecule has 1 saturated heterocycles. The third kappa shape index (κ3) is 1.29. The molecule has 1 fully saturated rings. The van der Waals surface area contributed by atoms with Crippen molar-refractivity contribution in [2.24, 2.45) is 5.73 Å². The summed E-state index contributed by atoms with van der Waals surface area (Å²) < 4.78 is 13.6. The Morgan fingerprint density at radius 1 is 1.50 bits per heavy atom. The van der Waals surface area contributed by atoms with Gasteiger partial charge in [-0.2, -0.15) is 0 Å². The van der Waals surface area contributed by atoms with Gasteiger partial charge in [0, 0.05) is 6.54 Å². The SMILES string of the molecule is NC(=O)[C@@H]1C[C@@]2(CN1)C(=O)Nc1c(F)cccc12. The standard InChI is InChI=1S/C12H12FN3O2/c13-7-3-1-2-6-9(7)16-11(18)12(6)4-8(10(14)17)15-5-12/h1-3,8,15H,4-5H2,(H2,14,17)(H,16,18)/t8-,12-/m0/s1. The van der Waals surface area contributed by atoms with Gasteiger partial charge in [0.25, 0.3) is 0 Å². The van der Waals surface area contributed by atoms with Crippen LogP contribution < -0.4 is 16.4 Å². The first-order valence-electron chi connectivity index (χ1n) is 5.68. The highest BCUT2D eigenvalue weighted by molar-refractivity contribution is 6.07. The van der Waals surface area contributed by atoms with Crippen molar-refractivity contribution in [2.75, 3.05) is 11.9 Å². The molecule has 1 aromatic rings. The molecule has 4 N–H and O–H groups in total. The Hall–Kier alpha value is -1.95. The van der Waals surface area contributed by atoms with Gasteiger partial charge in [-0.3, -0.25) is 9.59 Å². The number of primary amides is 1. The van der Waals surface area contributed by atoms with Gasteiger partial charge < -0.3 is 16.4 Å². The average molecular weight is 249 g/mol. The number of nitrogens with one attached hydrogen (secondary N) is 2. The van der Waals surface area contributed by atoms with Crippen molar-refractivity contribution < 1.29 is 14.0 Å². The summed E-state index contributed by atoms with van der Waals surface area (Å²) in [5.74, 6) is -1.23. The molecule has 94 valence electrons. The maximum Gasteiger partial charge on any atom is 0.236 e. The number of benzene rings is 1. The number of para-hydroxylation sites is 1. The minimum atomic E-state index is -0.878. The van der Waals surface area contributed by atoms with E-state index in [1.165, 1.54) is 6.07 Å². The summed E-state index contributed by atoms with van der Waals surface area (Å²) in [7, 11) is 0. The largest absolute Gasteiger partial charge is 0.368 e. The topological polar surface area (TPSA) is 84.2 Å². The molecule has 0 unspecified atom stereocenters. The highest BCUT2D eigenvalue weighted by Gasteiger charge is 2.53. The molecule has 1 spiro atoms. The molecule has 0 bridgehead atoms. The molecule has 6 heteroatoms. The van der Waals surface area contributed by atoms with Gasteiger partial charge >= 0.3 is 0 Å². The Morgan fingerprint density at radius 2 is 2.28 bits per heavy atom. The van der Waals surface area contributed by atoms with Crippen LogP contribution in [0.1, 0.15) is 12.0 Å². The number of anilines is 1. The molecule has 0 radical (unpaired) electrons. The molecule has 1 aromatic carbocycles. The van der Waals surface area contributed by atoms with Crippen LogP contribution in [0.5, 0.6) is 0 Å². The summed E-state index contributed by atoms with van der Waals surface area (Å²) in [5, 5.41) is 5.47. The molecular weight excluding hydrogens is 237 g/mol. The number of hydrogen-bond donors (Lipinski definition) is 3. The summed E-state index contributed by atoms with van der Waals surface area (Å²) in [6.45, 7) is 0.295. The quantitative estimate of drug-likeness (QED) is 0.648. The number of hydrogen-bond acceptors (Lipinski definition) is 3. The Morgan fingerprint density at radius 3 is 2.94 bits per heavy atom. The summed E-state index contributed by atoms with van der Waals surface area (Å²) in [6.07, 6.45) is 0.268. The van der Waals surface area contributed by atoms with E-state index < -0.39 is 23.2 Å². The fourth-order valence-electron chi connectivity index (χ4n) is 2.78. The summed E-state index contributed by atoms with van der Waals surface area (Å²) >= 11 is 0. The molecule has 0 aliphatic carbocycles. The van der Waals surface area contributed by atoms with Gasteiger partial charge in [0.05, 0.1) is 17.1 Å². The third-order valence-corrected chi connectivity index (χ3v) is 3.75. The van der Waals surface area contributed by atoms with Crippen molar-refractivity contribution in [1.82, 2.24) is 5.32 Å². The van der Waals surface area contributed by atoms with Crippen molar-refractivity contribution in [1.29, 1.82) is 0 Å². The number of rotatable bonds is 1. The second-order valence-electron chi connectivity index (χ2n) is 4.74. The zero-order chi connectivity index (χ0) is 12.9. The van der Waals surface area contributed by atoms with Crippen LogP contribution in [0, 0.1) is 5.82 Å². The van der Waals surface area contributed by atoms with E-state index in [4.69, 9.17) is 5.73 Å². The third-order valence-electron chi connectivity index (χ3n) is 3.75. The molecule has 2 aliphatic rings. The van der Waals surface area contributed by atoms with Crippen LogP contribution in [0.15, 0.2) is 18.2 Å². The van der Waals surface area contributed by atoms with Crippen molar-refractivity contribution in [2.45, 2.75) is 17.9 Å². The molecule has 18 heavy (non-hydrogen) atoms. The molecule has 2 atom stereocenters. The number of nitrogens with two attached hydrogens (primary N) is 1. The Bertz CT molecular complexity index is 560. The van der Waals surface area contributed by atoms with Crippen LogP contribution >= 0.6 is 0 Å². The zero-order valence-electron chi connectivity index (χ0n) is 9.50. The summed E-state index contributed by atoms with van der Waals surface area (Å²) in [6, 6.07) is 4.02. The highest BCUT2D eigenvalue weighted by Crippen LogP contribution is 2.44. The van der Waals surface area contributed by atoms with Crippen LogP contribution in [0.3, 0.4) is 0 Å². The number of fused-ring (bicyclic) bond motifs is 2. The van der Waals surface area contributed by atoms with Gasteiger partial charge in [-0.25, -0.2) is 4.39 Å². The van der Waals surface area contributed by atoms with Gasteiger partial charge in [-0.05, 0) is 18.1 Å². The van der Waals surface area contributed by atoms with E-state index in [1.54, 1.807) is 12.1 Å². The van der Waals surface area contributed by atoms with E-state index in [1.807, 2.05) is 0 Å². The Balaban J connectivity index is 2.08. The summed E-state index contributed by atoms with van der Waals surface area (Å²) in [5.41, 5.74) is 5.18. The van der Waals surface area contributed by atoms with Crippen molar-refractivity contribution in [3.63, 3.8) is 0 Å². The lowest BCUT2D eigenvalue weighted by Crippen LogP contribution is -2.36. The lowest BCUT2D eigenvalue weighted by Gasteiger charge is -2.19. The molecule has 2 amide bonds. The van der Waals surface area contributed by atoms with E-state index in [9.17, 15) is 14.0 Å². The first-order valence-corrected chi connectivity index (χ1v) is 5.68. The van der Waals surface area contributed by atoms with Gasteiger partial charge in [-0.15, -0.1) is 0 Å². The lowest BCUT2D eigenvalue weighted by molar-refractivity contribution is -0.120. The number of carbonyl (C=O) groups is 2. The van der Waals surface area contributed by atoms with Gasteiger partial charge in [0.1, 0.15) is 5.82 Å². The molecule has 2 aliphatic heterocycles. The average Bonchev–Trinajstić information content (AvgIpc) is 2.87. The minimum absolute atomic E-state index is 0.217. The molecule has 0 aromatic heterocycles. The van der Waals surface area contributed by atoms with E-state index in [0.29, 0.717) is 12.1 Å². The molecule has 0 saturated carbocycles. The predicted octanol–water partition coefficient (Wildman–Crippen LogP) is -0.137. The highest BCUT2D eigenvalue weighted by atomic mass is 19.1. The molecular formula is C12H12FN3O2. The monoisotopic (exact) mass is 249 g/mol. The van der Waals surface area contributed by atoms with Crippen LogP contribution in [0.25, 0.3) is 0 Å². The van der Waals surface area contributed by atoms with Crippen molar-refractivity contribution in [3.05, 3.63) is 29.6 Å². The van der Waals surface area contributed by atoms with Crippen LogP contribution in [-0.4, -0.2) is 24.4 Å². The second kappa shape index (κ2) is 3.52. The number of halogens is 1. The molecule has 3 rings (SSSR count). The van der Waals surface area contributed by atoms with E-state index >= 15 is 0 Å². The minimum Gasteiger partial charge on any atom is -0.368 e. The molecule has 5 nitrogen and oxygen atoms in total. The maximum absolute atomic E-state index is 13.6. The van der Waals surface area contributed by atoms with Crippen LogP contribution in [0.4, 0.5) is 10.1 Å². The van der Waals surface area contributed by atoms with E-state index in [-0.39, 0.29) is 18.0 Å². The maximum atomic E-state index is 13.6. The summed E-state index contributed by atoms with van der Waals surface area (Å²) in [4.78, 5) is 23.3. The van der Waals surface area contributed by atoms with Gasteiger partial charge in [0.2, 0.25) is 11.8 Å². The first-order chi connectivity index (χ1) is 8.54. The lowest BCUT2D eigenvalue weighted by atomic mass is 9.79. The van der Waals surface area contributed by atoms with Gasteiger partial charge in [-0.1, -0.05) is 12.1 Å². The second-order valence-corrected chi connectivity index (χ2v) is 4.74. The van der Waals surface area contributed by atoms with Crippen LogP contribution in [0.2, 0.25) is 0 Å². The Kier molecular flexibility index (Phi) is 2.18. The predicted molar refractivity (Wildman–Crippen MR) is 62.3 cm³/mol.